The molecule has 3 N–H and O–H groups in total. The molecule has 2 rings (SSSR count). The molecule has 1 aliphatic carbocycles. The summed E-state index contributed by atoms with van der Waals surface area (Å²) in [6, 6.07) is 2.84. The van der Waals surface area contributed by atoms with E-state index in [1.54, 1.807) is 6.07 Å². The van der Waals surface area contributed by atoms with Crippen molar-refractivity contribution in [2.24, 2.45) is 0 Å². The smallest absolute Gasteiger partial charge is 0.260 e. The molecule has 1 aliphatic rings. The van der Waals surface area contributed by atoms with Crippen molar-refractivity contribution in [1.82, 2.24) is 10.3 Å². The third-order valence-corrected chi connectivity index (χ3v) is 3.11. The van der Waals surface area contributed by atoms with E-state index < -0.39 is 17.6 Å². The van der Waals surface area contributed by atoms with Gasteiger partial charge in [0.15, 0.2) is 0 Å². The molecule has 1 amide bonds. The molecule has 0 spiro atoms. The van der Waals surface area contributed by atoms with Gasteiger partial charge in [-0.25, -0.2) is 0 Å². The monoisotopic (exact) mass is 236 g/mol. The SMILES string of the molecule is O=C(N[C@@H]1CCCC[C@H]1O)c1ccc[nH]c1=O. The highest BCUT2D eigenvalue weighted by Gasteiger charge is 2.25. The molecule has 17 heavy (non-hydrogen) atoms. The van der Waals surface area contributed by atoms with Gasteiger partial charge in [-0.1, -0.05) is 12.8 Å². The highest BCUT2D eigenvalue weighted by atomic mass is 16.3. The maximum Gasteiger partial charge on any atom is 0.260 e. The number of aliphatic hydroxyl groups excluding tert-OH is 1. The Labute approximate surface area is 98.9 Å². The summed E-state index contributed by atoms with van der Waals surface area (Å²) < 4.78 is 0. The van der Waals surface area contributed by atoms with Crippen LogP contribution in [0.5, 0.6) is 0 Å². The number of aromatic amines is 1. The number of amides is 1. The summed E-state index contributed by atoms with van der Waals surface area (Å²) in [5.41, 5.74) is -0.319. The lowest BCUT2D eigenvalue weighted by Gasteiger charge is -2.28. The molecule has 1 fully saturated rings. The largest absolute Gasteiger partial charge is 0.391 e. The van der Waals surface area contributed by atoms with E-state index in [4.69, 9.17) is 0 Å². The predicted octanol–water partition coefficient (Wildman–Crippen LogP) is 0.408. The van der Waals surface area contributed by atoms with Crippen molar-refractivity contribution in [2.45, 2.75) is 37.8 Å². The van der Waals surface area contributed by atoms with Crippen LogP contribution in [0, 0.1) is 0 Å². The van der Waals surface area contributed by atoms with Crippen LogP contribution >= 0.6 is 0 Å². The zero-order valence-corrected chi connectivity index (χ0v) is 9.48. The lowest BCUT2D eigenvalue weighted by atomic mass is 9.92. The number of rotatable bonds is 2. The number of aromatic nitrogens is 1. The van der Waals surface area contributed by atoms with Crippen molar-refractivity contribution in [3.8, 4) is 0 Å². The van der Waals surface area contributed by atoms with E-state index in [9.17, 15) is 14.7 Å². The Morgan fingerprint density at radius 2 is 2.18 bits per heavy atom. The van der Waals surface area contributed by atoms with E-state index in [1.807, 2.05) is 0 Å². The molecular formula is C12H16N2O3. The number of nitrogens with one attached hydrogen (secondary N) is 2. The van der Waals surface area contributed by atoms with Crippen LogP contribution in [-0.2, 0) is 0 Å². The van der Waals surface area contributed by atoms with Gasteiger partial charge in [-0.15, -0.1) is 0 Å². The van der Waals surface area contributed by atoms with E-state index >= 15 is 0 Å². The fourth-order valence-corrected chi connectivity index (χ4v) is 2.13. The lowest BCUT2D eigenvalue weighted by Crippen LogP contribution is -2.46. The number of pyridine rings is 1. The third kappa shape index (κ3) is 2.74. The Morgan fingerprint density at radius 3 is 2.88 bits per heavy atom. The average molecular weight is 236 g/mol. The van der Waals surface area contributed by atoms with Gasteiger partial charge in [0.25, 0.3) is 11.5 Å². The van der Waals surface area contributed by atoms with Crippen LogP contribution in [0.2, 0.25) is 0 Å². The molecule has 0 unspecified atom stereocenters. The molecule has 0 radical (unpaired) electrons. The van der Waals surface area contributed by atoms with Crippen LogP contribution in [0.1, 0.15) is 36.0 Å². The van der Waals surface area contributed by atoms with Crippen molar-refractivity contribution in [1.29, 1.82) is 0 Å². The summed E-state index contributed by atoms with van der Waals surface area (Å²) in [5, 5.41) is 12.5. The van der Waals surface area contributed by atoms with E-state index in [2.05, 4.69) is 10.3 Å². The number of aliphatic hydroxyl groups is 1. The molecule has 0 saturated heterocycles. The van der Waals surface area contributed by atoms with Gasteiger partial charge in [0.2, 0.25) is 0 Å². The summed E-state index contributed by atoms with van der Waals surface area (Å²) in [4.78, 5) is 25.7. The minimum atomic E-state index is -0.504. The fraction of sp³-hybridized carbons (Fsp3) is 0.500. The van der Waals surface area contributed by atoms with E-state index in [1.165, 1.54) is 12.3 Å². The second kappa shape index (κ2) is 5.14. The van der Waals surface area contributed by atoms with Crippen LogP contribution in [-0.4, -0.2) is 28.1 Å². The van der Waals surface area contributed by atoms with E-state index in [0.717, 1.165) is 19.3 Å². The van der Waals surface area contributed by atoms with Crippen LogP contribution < -0.4 is 10.9 Å². The highest BCUT2D eigenvalue weighted by Crippen LogP contribution is 2.18. The summed E-state index contributed by atoms with van der Waals surface area (Å²) in [5.74, 6) is -0.419. The zero-order chi connectivity index (χ0) is 12.3. The van der Waals surface area contributed by atoms with Gasteiger partial charge < -0.3 is 15.4 Å². The van der Waals surface area contributed by atoms with E-state index in [0.29, 0.717) is 6.42 Å². The fourth-order valence-electron chi connectivity index (χ4n) is 2.13. The van der Waals surface area contributed by atoms with Crippen molar-refractivity contribution < 1.29 is 9.90 Å². The predicted molar refractivity (Wildman–Crippen MR) is 62.8 cm³/mol. The Hall–Kier alpha value is -1.62. The number of H-pyrrole nitrogens is 1. The molecule has 92 valence electrons. The first kappa shape index (κ1) is 11.9. The lowest BCUT2D eigenvalue weighted by molar-refractivity contribution is 0.0716. The van der Waals surface area contributed by atoms with Gasteiger partial charge in [-0.2, -0.15) is 0 Å². The summed E-state index contributed by atoms with van der Waals surface area (Å²) >= 11 is 0. The van der Waals surface area contributed by atoms with Crippen molar-refractivity contribution in [2.75, 3.05) is 0 Å². The average Bonchev–Trinajstić information content (AvgIpc) is 2.32. The minimum Gasteiger partial charge on any atom is -0.391 e. The van der Waals surface area contributed by atoms with Crippen molar-refractivity contribution in [3.63, 3.8) is 0 Å². The molecule has 1 saturated carbocycles. The second-order valence-corrected chi connectivity index (χ2v) is 4.34. The zero-order valence-electron chi connectivity index (χ0n) is 9.48. The topological polar surface area (TPSA) is 82.2 Å². The van der Waals surface area contributed by atoms with Crippen molar-refractivity contribution in [3.05, 3.63) is 34.2 Å². The Bertz CT molecular complexity index is 455. The Morgan fingerprint density at radius 1 is 1.41 bits per heavy atom. The summed E-state index contributed by atoms with van der Waals surface area (Å²) in [7, 11) is 0. The molecule has 2 atom stereocenters. The number of carbonyl (C=O) groups is 1. The molecule has 1 aromatic rings. The molecular weight excluding hydrogens is 220 g/mol. The normalized spacial score (nSPS) is 24.3. The van der Waals surface area contributed by atoms with Crippen molar-refractivity contribution >= 4 is 5.91 Å². The van der Waals surface area contributed by atoms with Gasteiger partial charge in [0.05, 0.1) is 12.1 Å². The van der Waals surface area contributed by atoms with Crippen LogP contribution in [0.15, 0.2) is 23.1 Å². The number of hydrogen-bond donors (Lipinski definition) is 3. The molecule has 0 aliphatic heterocycles. The van der Waals surface area contributed by atoms with Crippen LogP contribution in [0.25, 0.3) is 0 Å². The maximum absolute atomic E-state index is 11.8. The van der Waals surface area contributed by atoms with Crippen LogP contribution in [0.4, 0.5) is 0 Å². The Balaban J connectivity index is 2.06. The van der Waals surface area contributed by atoms with Crippen LogP contribution in [0.3, 0.4) is 0 Å². The highest BCUT2D eigenvalue weighted by molar-refractivity contribution is 5.93. The first-order valence-electron chi connectivity index (χ1n) is 5.85. The summed E-state index contributed by atoms with van der Waals surface area (Å²) in [6.07, 6.45) is 4.42. The third-order valence-electron chi connectivity index (χ3n) is 3.11. The molecule has 0 bridgehead atoms. The number of hydrogen-bond acceptors (Lipinski definition) is 3. The molecule has 5 nitrogen and oxygen atoms in total. The molecule has 1 heterocycles. The Kier molecular flexibility index (Phi) is 3.58. The first-order valence-corrected chi connectivity index (χ1v) is 5.85. The van der Waals surface area contributed by atoms with Gasteiger partial charge in [0, 0.05) is 6.20 Å². The minimum absolute atomic E-state index is 0.0882. The first-order chi connectivity index (χ1) is 8.18. The van der Waals surface area contributed by atoms with Gasteiger partial charge >= 0.3 is 0 Å². The second-order valence-electron chi connectivity index (χ2n) is 4.34. The molecule has 1 aromatic heterocycles. The van der Waals surface area contributed by atoms with Gasteiger partial charge in [-0.3, -0.25) is 9.59 Å². The quantitative estimate of drug-likeness (QED) is 0.695. The maximum atomic E-state index is 11.8. The molecule has 0 aromatic carbocycles. The standard InChI is InChI=1S/C12H16N2O3/c15-10-6-2-1-5-9(10)14-12(17)8-4-3-7-13-11(8)16/h3-4,7,9-10,15H,1-2,5-6H2,(H,13,16)(H,14,17)/t9-,10-/m1/s1. The van der Waals surface area contributed by atoms with E-state index in [-0.39, 0.29) is 11.6 Å². The van der Waals surface area contributed by atoms with Gasteiger partial charge in [0.1, 0.15) is 5.56 Å². The van der Waals surface area contributed by atoms with Gasteiger partial charge in [-0.05, 0) is 25.0 Å². The molecule has 5 heteroatoms. The number of carbonyl (C=O) groups excluding carboxylic acids is 1. The summed E-state index contributed by atoms with van der Waals surface area (Å²) in [6.45, 7) is 0.